The SMILES string of the molecule is CCOc1ccc(C(=O)NCCCN2CCCC(C)C2)cn1. The standard InChI is InChI=1S/C17H27N3O2/c1-3-22-16-8-7-15(12-19-16)17(21)18-9-5-11-20-10-4-6-14(2)13-20/h7-8,12,14H,3-6,9-11,13H2,1-2H3,(H,18,21). The first kappa shape index (κ1) is 16.7. The lowest BCUT2D eigenvalue weighted by Crippen LogP contribution is -2.36. The molecule has 0 aromatic carbocycles. The molecule has 1 N–H and O–H groups in total. The van der Waals surface area contributed by atoms with Crippen molar-refractivity contribution in [3.05, 3.63) is 23.9 Å². The van der Waals surface area contributed by atoms with E-state index >= 15 is 0 Å². The van der Waals surface area contributed by atoms with Crippen molar-refractivity contribution < 1.29 is 9.53 Å². The Morgan fingerprint density at radius 2 is 2.36 bits per heavy atom. The Balaban J connectivity index is 1.66. The number of ether oxygens (including phenoxy) is 1. The van der Waals surface area contributed by atoms with Crippen LogP contribution in [0.4, 0.5) is 0 Å². The molecule has 0 spiro atoms. The molecule has 22 heavy (non-hydrogen) atoms. The van der Waals surface area contributed by atoms with Crippen molar-refractivity contribution in [2.24, 2.45) is 5.92 Å². The highest BCUT2D eigenvalue weighted by Gasteiger charge is 2.15. The Bertz CT molecular complexity index is 461. The molecule has 122 valence electrons. The first-order valence-electron chi connectivity index (χ1n) is 8.28. The minimum Gasteiger partial charge on any atom is -0.478 e. The maximum atomic E-state index is 12.0. The van der Waals surface area contributed by atoms with Gasteiger partial charge in [0, 0.05) is 25.4 Å². The van der Waals surface area contributed by atoms with Crippen molar-refractivity contribution in [2.75, 3.05) is 32.8 Å². The van der Waals surface area contributed by atoms with Gasteiger partial charge in [-0.3, -0.25) is 4.79 Å². The van der Waals surface area contributed by atoms with E-state index in [1.807, 2.05) is 6.92 Å². The second kappa shape index (κ2) is 8.73. The Morgan fingerprint density at radius 3 is 3.05 bits per heavy atom. The third-order valence-corrected chi connectivity index (χ3v) is 3.97. The first-order chi connectivity index (χ1) is 10.7. The average molecular weight is 305 g/mol. The van der Waals surface area contributed by atoms with Crippen LogP contribution in [0.25, 0.3) is 0 Å². The van der Waals surface area contributed by atoms with E-state index in [0.29, 0.717) is 24.6 Å². The molecule has 0 bridgehead atoms. The molecular formula is C17H27N3O2. The van der Waals surface area contributed by atoms with Crippen LogP contribution >= 0.6 is 0 Å². The molecule has 1 unspecified atom stereocenters. The minimum absolute atomic E-state index is 0.0671. The quantitative estimate of drug-likeness (QED) is 0.786. The number of carbonyl (C=O) groups is 1. The molecule has 1 saturated heterocycles. The normalized spacial score (nSPS) is 18.9. The van der Waals surface area contributed by atoms with Gasteiger partial charge in [-0.2, -0.15) is 0 Å². The lowest BCUT2D eigenvalue weighted by atomic mass is 10.0. The zero-order chi connectivity index (χ0) is 15.8. The van der Waals surface area contributed by atoms with E-state index in [9.17, 15) is 4.79 Å². The molecule has 5 heteroatoms. The summed E-state index contributed by atoms with van der Waals surface area (Å²) in [6.45, 7) is 8.95. The summed E-state index contributed by atoms with van der Waals surface area (Å²) in [7, 11) is 0. The number of nitrogens with zero attached hydrogens (tertiary/aromatic N) is 2. The topological polar surface area (TPSA) is 54.5 Å². The van der Waals surface area contributed by atoms with Crippen LogP contribution in [0.1, 0.15) is 43.5 Å². The summed E-state index contributed by atoms with van der Waals surface area (Å²) in [5.41, 5.74) is 0.579. The van der Waals surface area contributed by atoms with Gasteiger partial charge in [0.05, 0.1) is 12.2 Å². The highest BCUT2D eigenvalue weighted by atomic mass is 16.5. The van der Waals surface area contributed by atoms with Gasteiger partial charge in [-0.05, 0) is 51.3 Å². The maximum Gasteiger partial charge on any atom is 0.252 e. The largest absolute Gasteiger partial charge is 0.478 e. The van der Waals surface area contributed by atoms with Gasteiger partial charge in [0.25, 0.3) is 5.91 Å². The van der Waals surface area contributed by atoms with Crippen LogP contribution in [-0.4, -0.2) is 48.6 Å². The summed E-state index contributed by atoms with van der Waals surface area (Å²) in [4.78, 5) is 18.6. The van der Waals surface area contributed by atoms with E-state index in [-0.39, 0.29) is 5.91 Å². The van der Waals surface area contributed by atoms with Crippen molar-refractivity contribution in [1.29, 1.82) is 0 Å². The molecule has 2 rings (SSSR count). The molecule has 0 saturated carbocycles. The van der Waals surface area contributed by atoms with Gasteiger partial charge in [-0.15, -0.1) is 0 Å². The molecule has 0 aliphatic carbocycles. The molecule has 1 aromatic heterocycles. The van der Waals surface area contributed by atoms with E-state index in [4.69, 9.17) is 4.74 Å². The number of pyridine rings is 1. The van der Waals surface area contributed by atoms with Gasteiger partial charge < -0.3 is 15.0 Å². The summed E-state index contributed by atoms with van der Waals surface area (Å²) in [5.74, 6) is 1.29. The number of hydrogen-bond acceptors (Lipinski definition) is 4. The van der Waals surface area contributed by atoms with Gasteiger partial charge >= 0.3 is 0 Å². The van der Waals surface area contributed by atoms with Crippen LogP contribution in [0.5, 0.6) is 5.88 Å². The summed E-state index contributed by atoms with van der Waals surface area (Å²) in [5, 5.41) is 2.95. The van der Waals surface area contributed by atoms with Crippen LogP contribution in [0.3, 0.4) is 0 Å². The molecule has 1 aliphatic heterocycles. The van der Waals surface area contributed by atoms with Crippen LogP contribution < -0.4 is 10.1 Å². The average Bonchev–Trinajstić information content (AvgIpc) is 2.52. The minimum atomic E-state index is -0.0671. The Kier molecular flexibility index (Phi) is 6.65. The van der Waals surface area contributed by atoms with Crippen molar-refractivity contribution in [1.82, 2.24) is 15.2 Å². The first-order valence-corrected chi connectivity index (χ1v) is 8.28. The van der Waals surface area contributed by atoms with Crippen LogP contribution in [0, 0.1) is 5.92 Å². The van der Waals surface area contributed by atoms with Crippen molar-refractivity contribution in [3.63, 3.8) is 0 Å². The molecular weight excluding hydrogens is 278 g/mol. The third kappa shape index (κ3) is 5.30. The smallest absolute Gasteiger partial charge is 0.252 e. The van der Waals surface area contributed by atoms with Crippen LogP contribution in [0.2, 0.25) is 0 Å². The molecule has 2 heterocycles. The summed E-state index contributed by atoms with van der Waals surface area (Å²) >= 11 is 0. The van der Waals surface area contributed by atoms with Crippen molar-refractivity contribution in [3.8, 4) is 5.88 Å². The van der Waals surface area contributed by atoms with E-state index in [1.165, 1.54) is 25.9 Å². The van der Waals surface area contributed by atoms with Crippen molar-refractivity contribution in [2.45, 2.75) is 33.1 Å². The van der Waals surface area contributed by atoms with Gasteiger partial charge in [0.1, 0.15) is 0 Å². The number of nitrogens with one attached hydrogen (secondary N) is 1. The molecule has 5 nitrogen and oxygen atoms in total. The summed E-state index contributed by atoms with van der Waals surface area (Å²) in [6, 6.07) is 3.48. The lowest BCUT2D eigenvalue weighted by molar-refractivity contribution is 0.0949. The monoisotopic (exact) mass is 305 g/mol. The van der Waals surface area contributed by atoms with Gasteiger partial charge in [-0.25, -0.2) is 4.98 Å². The number of rotatable bonds is 7. The van der Waals surface area contributed by atoms with E-state index in [1.54, 1.807) is 18.3 Å². The zero-order valence-electron chi connectivity index (χ0n) is 13.7. The molecule has 1 atom stereocenters. The Hall–Kier alpha value is -1.62. The van der Waals surface area contributed by atoms with Gasteiger partial charge in [-0.1, -0.05) is 6.92 Å². The fraction of sp³-hybridized carbons (Fsp3) is 0.647. The van der Waals surface area contributed by atoms with Crippen LogP contribution in [-0.2, 0) is 0 Å². The lowest BCUT2D eigenvalue weighted by Gasteiger charge is -2.30. The predicted molar refractivity (Wildman–Crippen MR) is 87.2 cm³/mol. The number of likely N-dealkylation sites (tertiary alicyclic amines) is 1. The van der Waals surface area contributed by atoms with E-state index in [0.717, 1.165) is 18.9 Å². The number of hydrogen-bond donors (Lipinski definition) is 1. The van der Waals surface area contributed by atoms with E-state index in [2.05, 4.69) is 22.1 Å². The second-order valence-electron chi connectivity index (χ2n) is 5.98. The van der Waals surface area contributed by atoms with E-state index < -0.39 is 0 Å². The molecule has 0 radical (unpaired) electrons. The molecule has 1 aromatic rings. The Labute approximate surface area is 133 Å². The highest BCUT2D eigenvalue weighted by Crippen LogP contribution is 2.15. The number of carbonyl (C=O) groups excluding carboxylic acids is 1. The zero-order valence-corrected chi connectivity index (χ0v) is 13.7. The van der Waals surface area contributed by atoms with Gasteiger partial charge in [0.15, 0.2) is 0 Å². The number of amides is 1. The summed E-state index contributed by atoms with van der Waals surface area (Å²) < 4.78 is 5.27. The maximum absolute atomic E-state index is 12.0. The van der Waals surface area contributed by atoms with Crippen molar-refractivity contribution >= 4 is 5.91 Å². The number of aromatic nitrogens is 1. The van der Waals surface area contributed by atoms with Crippen LogP contribution in [0.15, 0.2) is 18.3 Å². The molecule has 1 amide bonds. The van der Waals surface area contributed by atoms with Gasteiger partial charge in [0.2, 0.25) is 5.88 Å². The number of piperidine rings is 1. The predicted octanol–water partition coefficient (Wildman–Crippen LogP) is 2.33. The fourth-order valence-electron chi connectivity index (χ4n) is 2.84. The summed E-state index contributed by atoms with van der Waals surface area (Å²) in [6.07, 6.45) is 5.19. The Morgan fingerprint density at radius 1 is 1.50 bits per heavy atom. The third-order valence-electron chi connectivity index (χ3n) is 3.97. The molecule has 1 aliphatic rings. The molecule has 1 fully saturated rings. The fourth-order valence-corrected chi connectivity index (χ4v) is 2.84. The highest BCUT2D eigenvalue weighted by molar-refractivity contribution is 5.93. The second-order valence-corrected chi connectivity index (χ2v) is 5.98.